The van der Waals surface area contributed by atoms with Crippen molar-refractivity contribution in [3.8, 4) is 23.3 Å². The van der Waals surface area contributed by atoms with Crippen LogP contribution in [-0.4, -0.2) is 12.5 Å². The van der Waals surface area contributed by atoms with E-state index >= 15 is 0 Å². The number of hydrogen-bond acceptors (Lipinski definition) is 4. The number of nitrogens with zero attached hydrogens (tertiary/aromatic N) is 1. The van der Waals surface area contributed by atoms with Gasteiger partial charge in [0.15, 0.2) is 6.61 Å². The molecule has 0 bridgehead atoms. The van der Waals surface area contributed by atoms with E-state index in [1.807, 2.05) is 6.07 Å². The molecule has 5 nitrogen and oxygen atoms in total. The summed E-state index contributed by atoms with van der Waals surface area (Å²) < 4.78 is 23.7. The molecule has 0 spiro atoms. The predicted octanol–water partition coefficient (Wildman–Crippen LogP) is 4.77. The second-order valence-corrected chi connectivity index (χ2v) is 5.51. The van der Waals surface area contributed by atoms with Crippen LogP contribution in [0.1, 0.15) is 10.4 Å². The Morgan fingerprint density at radius 2 is 1.44 bits per heavy atom. The lowest BCUT2D eigenvalue weighted by Gasteiger charge is -2.08. The predicted molar refractivity (Wildman–Crippen MR) is 98.4 cm³/mol. The van der Waals surface area contributed by atoms with Gasteiger partial charge in [-0.05, 0) is 72.8 Å². The maximum atomic E-state index is 12.9. The van der Waals surface area contributed by atoms with Gasteiger partial charge in [-0.25, -0.2) is 4.39 Å². The highest BCUT2D eigenvalue weighted by molar-refractivity contribution is 6.04. The molecule has 0 atom stereocenters. The molecule has 0 aromatic heterocycles. The molecule has 6 heteroatoms. The summed E-state index contributed by atoms with van der Waals surface area (Å²) in [6.45, 7) is -0.0297. The number of hydrogen-bond donors (Lipinski definition) is 1. The summed E-state index contributed by atoms with van der Waals surface area (Å²) >= 11 is 0. The zero-order chi connectivity index (χ0) is 19.1. The average Bonchev–Trinajstić information content (AvgIpc) is 2.70. The van der Waals surface area contributed by atoms with E-state index in [2.05, 4.69) is 5.32 Å². The van der Waals surface area contributed by atoms with Crippen molar-refractivity contribution in [2.45, 2.75) is 0 Å². The minimum atomic E-state index is -0.334. The molecular formula is C21H15FN2O3. The van der Waals surface area contributed by atoms with Crippen molar-refractivity contribution in [2.75, 3.05) is 11.9 Å². The van der Waals surface area contributed by atoms with E-state index in [1.54, 1.807) is 48.5 Å². The first-order chi connectivity index (χ1) is 13.1. The van der Waals surface area contributed by atoms with Gasteiger partial charge in [0.05, 0.1) is 0 Å². The molecule has 0 saturated carbocycles. The van der Waals surface area contributed by atoms with Gasteiger partial charge in [0.25, 0.3) is 5.91 Å². The zero-order valence-corrected chi connectivity index (χ0v) is 14.2. The van der Waals surface area contributed by atoms with Crippen molar-refractivity contribution in [1.82, 2.24) is 0 Å². The smallest absolute Gasteiger partial charge is 0.255 e. The first kappa shape index (κ1) is 18.0. The topological polar surface area (TPSA) is 71.3 Å². The molecule has 0 aliphatic heterocycles. The van der Waals surface area contributed by atoms with E-state index in [0.29, 0.717) is 28.5 Å². The molecule has 1 amide bonds. The van der Waals surface area contributed by atoms with Gasteiger partial charge in [-0.1, -0.05) is 0 Å². The molecule has 0 fully saturated rings. The van der Waals surface area contributed by atoms with E-state index in [9.17, 15) is 9.18 Å². The number of carbonyl (C=O) groups excluding carboxylic acids is 1. The lowest BCUT2D eigenvalue weighted by molar-refractivity contribution is 0.102. The van der Waals surface area contributed by atoms with E-state index < -0.39 is 0 Å². The number of amides is 1. The van der Waals surface area contributed by atoms with Gasteiger partial charge in [0, 0.05) is 11.3 Å². The van der Waals surface area contributed by atoms with Crippen molar-refractivity contribution in [3.05, 3.63) is 84.2 Å². The SMILES string of the molecule is N#CCOc1ccc(NC(=O)c2ccc(Oc3ccc(F)cc3)cc2)cc1. The third-order valence-electron chi connectivity index (χ3n) is 3.58. The van der Waals surface area contributed by atoms with Crippen molar-refractivity contribution >= 4 is 11.6 Å². The van der Waals surface area contributed by atoms with Crippen molar-refractivity contribution in [2.24, 2.45) is 0 Å². The molecule has 3 aromatic rings. The summed E-state index contributed by atoms with van der Waals surface area (Å²) in [6.07, 6.45) is 0. The molecule has 0 aliphatic carbocycles. The minimum Gasteiger partial charge on any atom is -0.479 e. The Morgan fingerprint density at radius 3 is 2.04 bits per heavy atom. The molecule has 3 rings (SSSR count). The van der Waals surface area contributed by atoms with Crippen molar-refractivity contribution in [1.29, 1.82) is 5.26 Å². The summed E-state index contributed by atoms with van der Waals surface area (Å²) in [5.74, 6) is 0.995. The van der Waals surface area contributed by atoms with Gasteiger partial charge < -0.3 is 14.8 Å². The van der Waals surface area contributed by atoms with Crippen LogP contribution in [0.15, 0.2) is 72.8 Å². The fourth-order valence-corrected chi connectivity index (χ4v) is 2.27. The number of nitriles is 1. The van der Waals surface area contributed by atoms with Gasteiger partial charge in [0.1, 0.15) is 29.1 Å². The summed E-state index contributed by atoms with van der Waals surface area (Å²) in [5, 5.41) is 11.3. The summed E-state index contributed by atoms with van der Waals surface area (Å²) in [5.41, 5.74) is 1.07. The van der Waals surface area contributed by atoms with E-state index in [0.717, 1.165) is 0 Å². The lowest BCUT2D eigenvalue weighted by Crippen LogP contribution is -2.11. The van der Waals surface area contributed by atoms with Crippen LogP contribution in [-0.2, 0) is 0 Å². The third-order valence-corrected chi connectivity index (χ3v) is 3.58. The van der Waals surface area contributed by atoms with E-state index in [1.165, 1.54) is 24.3 Å². The van der Waals surface area contributed by atoms with Gasteiger partial charge in [-0.15, -0.1) is 0 Å². The van der Waals surface area contributed by atoms with Crippen LogP contribution in [0.25, 0.3) is 0 Å². The highest BCUT2D eigenvalue weighted by Gasteiger charge is 2.07. The Kier molecular flexibility index (Phi) is 5.65. The van der Waals surface area contributed by atoms with Crippen LogP contribution >= 0.6 is 0 Å². The first-order valence-corrected chi connectivity index (χ1v) is 8.09. The van der Waals surface area contributed by atoms with E-state index in [4.69, 9.17) is 14.7 Å². The Morgan fingerprint density at radius 1 is 0.889 bits per heavy atom. The molecular weight excluding hydrogens is 347 g/mol. The molecule has 0 radical (unpaired) electrons. The van der Waals surface area contributed by atoms with Crippen LogP contribution in [0.2, 0.25) is 0 Å². The number of carbonyl (C=O) groups is 1. The number of nitrogens with one attached hydrogen (secondary N) is 1. The normalized spacial score (nSPS) is 9.93. The molecule has 134 valence electrons. The minimum absolute atomic E-state index is 0.0297. The van der Waals surface area contributed by atoms with Gasteiger partial charge in [-0.3, -0.25) is 4.79 Å². The molecule has 1 N–H and O–H groups in total. The summed E-state index contributed by atoms with van der Waals surface area (Å²) in [6, 6.07) is 20.9. The number of ether oxygens (including phenoxy) is 2. The van der Waals surface area contributed by atoms with Crippen LogP contribution in [0.5, 0.6) is 17.2 Å². The highest BCUT2D eigenvalue weighted by Crippen LogP contribution is 2.22. The van der Waals surface area contributed by atoms with Gasteiger partial charge >= 0.3 is 0 Å². The van der Waals surface area contributed by atoms with Gasteiger partial charge in [0.2, 0.25) is 0 Å². The van der Waals surface area contributed by atoms with Crippen molar-refractivity contribution < 1.29 is 18.7 Å². The summed E-state index contributed by atoms with van der Waals surface area (Å²) in [7, 11) is 0. The molecule has 0 aliphatic rings. The maximum Gasteiger partial charge on any atom is 0.255 e. The van der Waals surface area contributed by atoms with Gasteiger partial charge in [-0.2, -0.15) is 5.26 Å². The van der Waals surface area contributed by atoms with Crippen LogP contribution < -0.4 is 14.8 Å². The Bertz CT molecular complexity index is 947. The monoisotopic (exact) mass is 362 g/mol. The molecule has 0 saturated heterocycles. The van der Waals surface area contributed by atoms with Crippen LogP contribution in [0.3, 0.4) is 0 Å². The second-order valence-electron chi connectivity index (χ2n) is 5.51. The van der Waals surface area contributed by atoms with E-state index in [-0.39, 0.29) is 18.3 Å². The largest absolute Gasteiger partial charge is 0.479 e. The Balaban J connectivity index is 1.60. The molecule has 0 unspecified atom stereocenters. The molecule has 0 heterocycles. The first-order valence-electron chi connectivity index (χ1n) is 8.09. The highest BCUT2D eigenvalue weighted by atomic mass is 19.1. The molecule has 27 heavy (non-hydrogen) atoms. The quantitative estimate of drug-likeness (QED) is 0.685. The Labute approximate surface area is 155 Å². The number of rotatable bonds is 6. The third kappa shape index (κ3) is 5.06. The van der Waals surface area contributed by atoms with Crippen LogP contribution in [0, 0.1) is 17.1 Å². The number of benzene rings is 3. The number of anilines is 1. The summed E-state index contributed by atoms with van der Waals surface area (Å²) in [4.78, 5) is 12.3. The zero-order valence-electron chi connectivity index (χ0n) is 14.2. The van der Waals surface area contributed by atoms with Crippen molar-refractivity contribution in [3.63, 3.8) is 0 Å². The molecule has 3 aromatic carbocycles. The number of halogens is 1. The Hall–Kier alpha value is -3.85. The average molecular weight is 362 g/mol. The lowest BCUT2D eigenvalue weighted by atomic mass is 10.2. The van der Waals surface area contributed by atoms with Crippen LogP contribution in [0.4, 0.5) is 10.1 Å². The second kappa shape index (κ2) is 8.50. The maximum absolute atomic E-state index is 12.9. The standard InChI is InChI=1S/C21H15FN2O3/c22-16-3-9-20(10-4-16)27-19-7-1-15(2-8-19)21(25)24-17-5-11-18(12-6-17)26-14-13-23/h1-12H,14H2,(H,24,25). The fourth-order valence-electron chi connectivity index (χ4n) is 2.27. The fraction of sp³-hybridized carbons (Fsp3) is 0.0476.